The third-order valence-corrected chi connectivity index (χ3v) is 5.06. The van der Waals surface area contributed by atoms with Gasteiger partial charge in [0.2, 0.25) is 11.9 Å². The molecule has 0 saturated heterocycles. The predicted octanol–water partition coefficient (Wildman–Crippen LogP) is 3.10. The Hall–Kier alpha value is -3.11. The fourth-order valence-electron chi connectivity index (χ4n) is 3.01. The van der Waals surface area contributed by atoms with Gasteiger partial charge >= 0.3 is 14.0 Å². The molecule has 35 heavy (non-hydrogen) atoms. The standard InChI is InChI=1S/C20H25F2N4O8P/c1-11(34-35(29,30)31)9-32-19(28)33-10-26(14(27)7-20(2,3)4)18-24-16-13(21)6-12(8-23)15(22)17(16)25(18)5/h6,11H,7,9-10H2,1-5H3,(H2,29,30,31). The van der Waals surface area contributed by atoms with Gasteiger partial charge in [-0.2, -0.15) is 5.26 Å². The second kappa shape index (κ2) is 10.7. The first-order valence-electron chi connectivity index (χ1n) is 10.1. The molecule has 1 atom stereocenters. The van der Waals surface area contributed by atoms with Crippen molar-refractivity contribution in [3.8, 4) is 6.07 Å². The molecule has 0 saturated carbocycles. The molecular formula is C20H25F2N4O8P. The van der Waals surface area contributed by atoms with Gasteiger partial charge in [-0.15, -0.1) is 0 Å². The average Bonchev–Trinajstić information content (AvgIpc) is 3.04. The van der Waals surface area contributed by atoms with Crippen LogP contribution >= 0.6 is 7.82 Å². The van der Waals surface area contributed by atoms with Crippen LogP contribution in [0, 0.1) is 28.4 Å². The number of hydrogen-bond donors (Lipinski definition) is 2. The van der Waals surface area contributed by atoms with E-state index in [-0.39, 0.29) is 17.9 Å². The van der Waals surface area contributed by atoms with E-state index in [1.54, 1.807) is 26.8 Å². The van der Waals surface area contributed by atoms with Crippen LogP contribution in [0.25, 0.3) is 11.0 Å². The number of nitrogens with zero attached hydrogens (tertiary/aromatic N) is 4. The zero-order valence-corrected chi connectivity index (χ0v) is 20.5. The van der Waals surface area contributed by atoms with Gasteiger partial charge in [0.15, 0.2) is 18.4 Å². The Kier molecular flexibility index (Phi) is 8.56. The van der Waals surface area contributed by atoms with Crippen molar-refractivity contribution in [2.75, 3.05) is 18.2 Å². The van der Waals surface area contributed by atoms with Gasteiger partial charge in [-0.3, -0.25) is 9.32 Å². The topological polar surface area (TPSA) is 164 Å². The minimum atomic E-state index is -4.80. The Morgan fingerprint density at radius 3 is 2.49 bits per heavy atom. The molecule has 1 aromatic carbocycles. The van der Waals surface area contributed by atoms with Crippen LogP contribution in [0.2, 0.25) is 0 Å². The number of carbonyl (C=O) groups is 2. The predicted molar refractivity (Wildman–Crippen MR) is 117 cm³/mol. The Morgan fingerprint density at radius 2 is 1.94 bits per heavy atom. The maximum Gasteiger partial charge on any atom is 0.510 e. The number of rotatable bonds is 8. The summed E-state index contributed by atoms with van der Waals surface area (Å²) in [6, 6.07) is 2.23. The molecule has 1 aromatic heterocycles. The van der Waals surface area contributed by atoms with Crippen LogP contribution < -0.4 is 4.90 Å². The van der Waals surface area contributed by atoms with Gasteiger partial charge in [-0.1, -0.05) is 20.8 Å². The number of aryl methyl sites for hydroxylation is 1. The number of carbonyl (C=O) groups excluding carboxylic acids is 2. The molecule has 1 heterocycles. The molecule has 0 aliphatic heterocycles. The van der Waals surface area contributed by atoms with Crippen LogP contribution in [0.1, 0.15) is 39.7 Å². The lowest BCUT2D eigenvalue weighted by molar-refractivity contribution is -0.121. The van der Waals surface area contributed by atoms with Crippen LogP contribution in [0.3, 0.4) is 0 Å². The number of imidazole rings is 1. The van der Waals surface area contributed by atoms with Gasteiger partial charge in [0, 0.05) is 13.5 Å². The van der Waals surface area contributed by atoms with Crippen LogP contribution in [0.5, 0.6) is 0 Å². The maximum atomic E-state index is 14.7. The highest BCUT2D eigenvalue weighted by Crippen LogP contribution is 2.37. The SMILES string of the molecule is CC(COC(=O)OCN(C(=O)CC(C)(C)C)c1nc2c(F)cc(C#N)c(F)c2n1C)OP(=O)(O)O. The summed E-state index contributed by atoms with van der Waals surface area (Å²) in [6.45, 7) is 5.23. The molecule has 12 nitrogen and oxygen atoms in total. The Morgan fingerprint density at radius 1 is 1.31 bits per heavy atom. The van der Waals surface area contributed by atoms with Gasteiger partial charge in [-0.05, 0) is 18.4 Å². The molecule has 2 rings (SSSR count). The van der Waals surface area contributed by atoms with Crippen molar-refractivity contribution in [1.82, 2.24) is 9.55 Å². The number of aromatic nitrogens is 2. The molecule has 192 valence electrons. The molecule has 0 radical (unpaired) electrons. The summed E-state index contributed by atoms with van der Waals surface area (Å²) in [4.78, 5) is 47.4. The van der Waals surface area contributed by atoms with Crippen molar-refractivity contribution in [3.63, 3.8) is 0 Å². The molecule has 1 amide bonds. The van der Waals surface area contributed by atoms with E-state index in [0.717, 1.165) is 9.47 Å². The van der Waals surface area contributed by atoms with Crippen molar-refractivity contribution in [1.29, 1.82) is 5.26 Å². The number of phosphoric acid groups is 1. The zero-order valence-electron chi connectivity index (χ0n) is 19.6. The third-order valence-electron chi connectivity index (χ3n) is 4.42. The molecule has 15 heteroatoms. The number of hydrogen-bond acceptors (Lipinski definition) is 8. The van der Waals surface area contributed by atoms with Gasteiger partial charge in [0.25, 0.3) is 0 Å². The zero-order chi connectivity index (χ0) is 26.7. The summed E-state index contributed by atoms with van der Waals surface area (Å²) in [5.41, 5.74) is -1.86. The number of amides is 1. The fraction of sp³-hybridized carbons (Fsp3) is 0.500. The lowest BCUT2D eigenvalue weighted by atomic mass is 9.92. The van der Waals surface area contributed by atoms with Crippen LogP contribution in [0.15, 0.2) is 6.07 Å². The second-order valence-electron chi connectivity index (χ2n) is 8.80. The number of ether oxygens (including phenoxy) is 2. The quantitative estimate of drug-likeness (QED) is 0.301. The van der Waals surface area contributed by atoms with Crippen molar-refractivity contribution in [3.05, 3.63) is 23.3 Å². The third kappa shape index (κ3) is 7.43. The highest BCUT2D eigenvalue weighted by atomic mass is 31.2. The molecule has 0 spiro atoms. The summed E-state index contributed by atoms with van der Waals surface area (Å²) in [5.74, 6) is -2.87. The smallest absolute Gasteiger partial charge is 0.431 e. The molecular weight excluding hydrogens is 493 g/mol. The first-order chi connectivity index (χ1) is 16.0. The molecule has 0 aliphatic carbocycles. The Balaban J connectivity index is 2.33. The largest absolute Gasteiger partial charge is 0.510 e. The highest BCUT2D eigenvalue weighted by Gasteiger charge is 2.29. The maximum absolute atomic E-state index is 14.7. The van der Waals surface area contributed by atoms with Gasteiger partial charge in [-0.25, -0.2) is 28.0 Å². The molecule has 0 aliphatic rings. The molecule has 0 fully saturated rings. The number of benzene rings is 1. The Bertz CT molecular complexity index is 1210. The van der Waals surface area contributed by atoms with Gasteiger partial charge in [0.1, 0.15) is 29.8 Å². The van der Waals surface area contributed by atoms with E-state index in [2.05, 4.69) is 9.51 Å². The lowest BCUT2D eigenvalue weighted by Crippen LogP contribution is -2.38. The van der Waals surface area contributed by atoms with E-state index in [1.807, 2.05) is 0 Å². The first-order valence-corrected chi connectivity index (χ1v) is 11.7. The number of fused-ring (bicyclic) bond motifs is 1. The summed E-state index contributed by atoms with van der Waals surface area (Å²) in [5, 5.41) is 9.05. The minimum absolute atomic E-state index is 0.0593. The molecule has 1 unspecified atom stereocenters. The monoisotopic (exact) mass is 518 g/mol. The molecule has 0 bridgehead atoms. The van der Waals surface area contributed by atoms with Crippen molar-refractivity contribution in [2.24, 2.45) is 12.5 Å². The van der Waals surface area contributed by atoms with Crippen molar-refractivity contribution >= 4 is 36.9 Å². The molecule has 2 N–H and O–H groups in total. The summed E-state index contributed by atoms with van der Waals surface area (Å²) in [7, 11) is -3.50. The number of anilines is 1. The summed E-state index contributed by atoms with van der Waals surface area (Å²) in [6.07, 6.45) is -2.53. The fourth-order valence-corrected chi connectivity index (χ4v) is 3.54. The average molecular weight is 518 g/mol. The van der Waals surface area contributed by atoms with Crippen LogP contribution in [0.4, 0.5) is 19.5 Å². The van der Waals surface area contributed by atoms with Gasteiger partial charge < -0.3 is 23.8 Å². The normalized spacial score (nSPS) is 12.8. The summed E-state index contributed by atoms with van der Waals surface area (Å²) >= 11 is 0. The number of nitriles is 1. The molecule has 2 aromatic rings. The van der Waals surface area contributed by atoms with E-state index in [1.165, 1.54) is 14.0 Å². The highest BCUT2D eigenvalue weighted by molar-refractivity contribution is 7.46. The minimum Gasteiger partial charge on any atom is -0.431 e. The number of halogens is 2. The van der Waals surface area contributed by atoms with E-state index in [0.29, 0.717) is 6.07 Å². The van der Waals surface area contributed by atoms with Crippen molar-refractivity contribution < 1.29 is 46.7 Å². The number of phosphoric ester groups is 1. The van der Waals surface area contributed by atoms with E-state index >= 15 is 0 Å². The van der Waals surface area contributed by atoms with E-state index < -0.39 is 67.5 Å². The first kappa shape index (κ1) is 28.1. The van der Waals surface area contributed by atoms with Crippen LogP contribution in [-0.4, -0.2) is 50.8 Å². The summed E-state index contributed by atoms with van der Waals surface area (Å²) < 4.78 is 55.1. The van der Waals surface area contributed by atoms with Crippen molar-refractivity contribution in [2.45, 2.75) is 40.2 Å². The van der Waals surface area contributed by atoms with Crippen LogP contribution in [-0.2, 0) is 30.4 Å². The Labute approximate surface area is 199 Å². The second-order valence-corrected chi connectivity index (χ2v) is 9.99. The van der Waals surface area contributed by atoms with E-state index in [4.69, 9.17) is 24.5 Å². The van der Waals surface area contributed by atoms with Gasteiger partial charge in [0.05, 0.1) is 5.56 Å². The van der Waals surface area contributed by atoms with E-state index in [9.17, 15) is 22.9 Å². The lowest BCUT2D eigenvalue weighted by Gasteiger charge is -2.25.